The highest BCUT2D eigenvalue weighted by Gasteiger charge is 1.89. The lowest BCUT2D eigenvalue weighted by atomic mass is 10.4. The molecule has 0 aliphatic carbocycles. The number of hydrogen-bond acceptors (Lipinski definition) is 2. The van der Waals surface area contributed by atoms with Gasteiger partial charge in [-0.05, 0) is 13.3 Å². The molecule has 2 nitrogen and oxygen atoms in total. The third-order valence-corrected chi connectivity index (χ3v) is 1.50. The van der Waals surface area contributed by atoms with E-state index in [1.807, 2.05) is 12.2 Å². The molecule has 0 aromatic carbocycles. The van der Waals surface area contributed by atoms with E-state index < -0.39 is 0 Å². The second-order valence-electron chi connectivity index (χ2n) is 2.02. The van der Waals surface area contributed by atoms with Crippen molar-refractivity contribution in [1.29, 1.82) is 0 Å². The molecule has 68 valence electrons. The van der Waals surface area contributed by atoms with Crippen molar-refractivity contribution in [2.24, 2.45) is 0 Å². The lowest BCUT2D eigenvalue weighted by Gasteiger charge is -1.92. The number of ether oxygens (including phenoxy) is 1. The summed E-state index contributed by atoms with van der Waals surface area (Å²) in [6.07, 6.45) is 7.87. The Morgan fingerprint density at radius 2 is 2.25 bits per heavy atom. The molecule has 0 saturated carbocycles. The number of rotatable bonds is 5. The molecule has 0 aliphatic rings. The van der Waals surface area contributed by atoms with E-state index in [0.717, 1.165) is 11.8 Å². The maximum Gasteiger partial charge on any atom is 0.330 e. The highest BCUT2D eigenvalue weighted by atomic mass is 79.9. The first-order valence-electron chi connectivity index (χ1n) is 3.87. The molecule has 0 amide bonds. The summed E-state index contributed by atoms with van der Waals surface area (Å²) in [5.41, 5.74) is 0. The Bertz CT molecular complexity index is 173. The number of alkyl halides is 1. The molecule has 0 aliphatic heterocycles. The van der Waals surface area contributed by atoms with Crippen LogP contribution in [-0.2, 0) is 9.53 Å². The van der Waals surface area contributed by atoms with Crippen LogP contribution >= 0.6 is 15.9 Å². The van der Waals surface area contributed by atoms with Crippen LogP contribution in [-0.4, -0.2) is 17.9 Å². The lowest BCUT2D eigenvalue weighted by molar-refractivity contribution is -0.137. The minimum absolute atomic E-state index is 0.291. The van der Waals surface area contributed by atoms with Crippen molar-refractivity contribution < 1.29 is 9.53 Å². The van der Waals surface area contributed by atoms with Crippen molar-refractivity contribution >= 4 is 21.9 Å². The SMILES string of the molecule is CCOC(=O)/C=C/C=C/CCBr. The van der Waals surface area contributed by atoms with Gasteiger partial charge in [0.25, 0.3) is 0 Å². The van der Waals surface area contributed by atoms with Gasteiger partial charge in [0.1, 0.15) is 0 Å². The largest absolute Gasteiger partial charge is 0.463 e. The fourth-order valence-electron chi connectivity index (χ4n) is 0.562. The van der Waals surface area contributed by atoms with E-state index >= 15 is 0 Å². The van der Waals surface area contributed by atoms with Crippen molar-refractivity contribution in [3.8, 4) is 0 Å². The van der Waals surface area contributed by atoms with E-state index in [-0.39, 0.29) is 5.97 Å². The quantitative estimate of drug-likeness (QED) is 0.315. The second kappa shape index (κ2) is 8.53. The molecule has 0 atom stereocenters. The molecule has 0 saturated heterocycles. The normalized spacial score (nSPS) is 11.2. The number of carbonyl (C=O) groups is 1. The maximum absolute atomic E-state index is 10.7. The van der Waals surface area contributed by atoms with E-state index in [1.165, 1.54) is 6.08 Å². The summed E-state index contributed by atoms with van der Waals surface area (Å²) < 4.78 is 4.68. The summed E-state index contributed by atoms with van der Waals surface area (Å²) in [6.45, 7) is 2.21. The predicted octanol–water partition coefficient (Wildman–Crippen LogP) is 2.45. The first-order chi connectivity index (χ1) is 5.81. The molecular weight excluding hydrogens is 220 g/mol. The number of carbonyl (C=O) groups excluding carboxylic acids is 1. The van der Waals surface area contributed by atoms with Crippen LogP contribution < -0.4 is 0 Å². The molecule has 0 radical (unpaired) electrons. The van der Waals surface area contributed by atoms with Crippen molar-refractivity contribution in [1.82, 2.24) is 0 Å². The predicted molar refractivity (Wildman–Crippen MR) is 53.3 cm³/mol. The highest BCUT2D eigenvalue weighted by Crippen LogP contribution is 1.90. The van der Waals surface area contributed by atoms with Crippen LogP contribution in [0, 0.1) is 0 Å². The van der Waals surface area contributed by atoms with Crippen LogP contribution in [0.25, 0.3) is 0 Å². The summed E-state index contributed by atoms with van der Waals surface area (Å²) >= 11 is 3.29. The van der Waals surface area contributed by atoms with Crippen LogP contribution in [0.4, 0.5) is 0 Å². The first kappa shape index (κ1) is 11.4. The third kappa shape index (κ3) is 7.54. The van der Waals surface area contributed by atoms with E-state index in [9.17, 15) is 4.79 Å². The van der Waals surface area contributed by atoms with Gasteiger partial charge in [-0.1, -0.05) is 34.2 Å². The zero-order chi connectivity index (χ0) is 9.23. The fraction of sp³-hybridized carbons (Fsp3) is 0.444. The molecule has 0 aromatic rings. The van der Waals surface area contributed by atoms with Gasteiger partial charge in [-0.15, -0.1) is 0 Å². The molecule has 0 bridgehead atoms. The Kier molecular flexibility index (Phi) is 8.12. The Balaban J connectivity index is 3.53. The average Bonchev–Trinajstić information content (AvgIpc) is 2.05. The van der Waals surface area contributed by atoms with E-state index in [1.54, 1.807) is 13.0 Å². The van der Waals surface area contributed by atoms with Crippen LogP contribution in [0.2, 0.25) is 0 Å². The van der Waals surface area contributed by atoms with Gasteiger partial charge in [0.05, 0.1) is 6.61 Å². The molecule has 12 heavy (non-hydrogen) atoms. The Labute approximate surface area is 81.4 Å². The summed E-state index contributed by atoms with van der Waals surface area (Å²) in [5, 5.41) is 0.941. The van der Waals surface area contributed by atoms with Gasteiger partial charge in [0, 0.05) is 11.4 Å². The molecule has 0 rings (SSSR count). The maximum atomic E-state index is 10.7. The minimum Gasteiger partial charge on any atom is -0.463 e. The molecule has 3 heteroatoms. The number of halogens is 1. The minimum atomic E-state index is -0.291. The highest BCUT2D eigenvalue weighted by molar-refractivity contribution is 9.09. The Morgan fingerprint density at radius 1 is 1.50 bits per heavy atom. The zero-order valence-corrected chi connectivity index (χ0v) is 8.71. The summed E-state index contributed by atoms with van der Waals surface area (Å²) in [7, 11) is 0. The lowest BCUT2D eigenvalue weighted by Crippen LogP contribution is -1.98. The molecule has 0 unspecified atom stereocenters. The van der Waals surface area contributed by atoms with Crippen molar-refractivity contribution in [2.75, 3.05) is 11.9 Å². The third-order valence-electron chi connectivity index (χ3n) is 1.04. The Hall–Kier alpha value is -0.570. The number of hydrogen-bond donors (Lipinski definition) is 0. The van der Waals surface area contributed by atoms with Gasteiger partial charge < -0.3 is 4.74 Å². The summed E-state index contributed by atoms with van der Waals surface area (Å²) in [4.78, 5) is 10.7. The summed E-state index contributed by atoms with van der Waals surface area (Å²) in [6, 6.07) is 0. The van der Waals surface area contributed by atoms with Gasteiger partial charge in [-0.25, -0.2) is 4.79 Å². The molecular formula is C9H13BrO2. The van der Waals surface area contributed by atoms with Crippen LogP contribution in [0.15, 0.2) is 24.3 Å². The zero-order valence-electron chi connectivity index (χ0n) is 7.13. The van der Waals surface area contributed by atoms with E-state index in [4.69, 9.17) is 0 Å². The van der Waals surface area contributed by atoms with Crippen molar-refractivity contribution in [2.45, 2.75) is 13.3 Å². The smallest absolute Gasteiger partial charge is 0.330 e. The molecule has 0 aromatic heterocycles. The van der Waals surface area contributed by atoms with Crippen molar-refractivity contribution in [3.63, 3.8) is 0 Å². The monoisotopic (exact) mass is 232 g/mol. The molecule has 0 fully saturated rings. The average molecular weight is 233 g/mol. The number of esters is 1. The fourth-order valence-corrected chi connectivity index (χ4v) is 0.827. The molecule has 0 spiro atoms. The molecule has 0 N–H and O–H groups in total. The van der Waals surface area contributed by atoms with Gasteiger partial charge in [0.15, 0.2) is 0 Å². The van der Waals surface area contributed by atoms with Gasteiger partial charge in [-0.3, -0.25) is 0 Å². The second-order valence-corrected chi connectivity index (χ2v) is 2.81. The summed E-state index contributed by atoms with van der Waals surface area (Å²) in [5.74, 6) is -0.291. The van der Waals surface area contributed by atoms with Gasteiger partial charge in [-0.2, -0.15) is 0 Å². The molecule has 0 heterocycles. The first-order valence-corrected chi connectivity index (χ1v) is 4.99. The Morgan fingerprint density at radius 3 is 2.83 bits per heavy atom. The van der Waals surface area contributed by atoms with Crippen LogP contribution in [0.3, 0.4) is 0 Å². The van der Waals surface area contributed by atoms with E-state index in [2.05, 4.69) is 20.7 Å². The van der Waals surface area contributed by atoms with Crippen LogP contribution in [0.5, 0.6) is 0 Å². The van der Waals surface area contributed by atoms with E-state index in [0.29, 0.717) is 6.61 Å². The number of allylic oxidation sites excluding steroid dienone is 3. The van der Waals surface area contributed by atoms with Crippen LogP contribution in [0.1, 0.15) is 13.3 Å². The van der Waals surface area contributed by atoms with Gasteiger partial charge >= 0.3 is 5.97 Å². The topological polar surface area (TPSA) is 26.3 Å². The van der Waals surface area contributed by atoms with Gasteiger partial charge in [0.2, 0.25) is 0 Å². The standard InChI is InChI=1S/C9H13BrO2/c1-2-12-9(11)7-5-3-4-6-8-10/h3-5,7H,2,6,8H2,1H3/b4-3+,7-5+. The van der Waals surface area contributed by atoms with Crippen molar-refractivity contribution in [3.05, 3.63) is 24.3 Å².